The van der Waals surface area contributed by atoms with Gasteiger partial charge in [-0.05, 0) is 42.5 Å². The van der Waals surface area contributed by atoms with Gasteiger partial charge in [0.15, 0.2) is 10.9 Å². The molecule has 2 aromatic heterocycles. The summed E-state index contributed by atoms with van der Waals surface area (Å²) in [6.45, 7) is 0. The van der Waals surface area contributed by atoms with Crippen LogP contribution in [0, 0.1) is 0 Å². The molecule has 0 radical (unpaired) electrons. The van der Waals surface area contributed by atoms with Crippen molar-refractivity contribution in [3.05, 3.63) is 74.0 Å². The topological polar surface area (TPSA) is 90.1 Å². The summed E-state index contributed by atoms with van der Waals surface area (Å²) in [7, 11) is 1.54. The zero-order chi connectivity index (χ0) is 19.6. The maximum absolute atomic E-state index is 13.1. The molecule has 6 nitrogen and oxygen atoms in total. The zero-order valence-electron chi connectivity index (χ0n) is 14.7. The van der Waals surface area contributed by atoms with Crippen molar-refractivity contribution in [3.63, 3.8) is 0 Å². The van der Waals surface area contributed by atoms with Crippen molar-refractivity contribution in [1.29, 1.82) is 0 Å². The van der Waals surface area contributed by atoms with E-state index in [4.69, 9.17) is 22.2 Å². The number of nitrogens with zero attached hydrogens (tertiary/aromatic N) is 1. The van der Waals surface area contributed by atoms with E-state index in [0.29, 0.717) is 54.4 Å². The fourth-order valence-corrected chi connectivity index (χ4v) is 3.91. The van der Waals surface area contributed by atoms with Crippen LogP contribution in [-0.2, 0) is 0 Å². The van der Waals surface area contributed by atoms with Crippen molar-refractivity contribution >= 4 is 55.2 Å². The lowest BCUT2D eigenvalue weighted by Crippen LogP contribution is -2.18. The van der Waals surface area contributed by atoms with Gasteiger partial charge in [-0.1, -0.05) is 17.7 Å². The minimum Gasteiger partial charge on any atom is -0.497 e. The van der Waals surface area contributed by atoms with Crippen LogP contribution >= 0.6 is 11.6 Å². The molecule has 0 aliphatic rings. The highest BCUT2D eigenvalue weighted by Gasteiger charge is 2.14. The number of para-hydroxylation sites is 1. The van der Waals surface area contributed by atoms with Gasteiger partial charge in [-0.25, -0.2) is 0 Å². The molecule has 0 atom stereocenters. The summed E-state index contributed by atoms with van der Waals surface area (Å²) in [5.74, 6) is 6.86. The van der Waals surface area contributed by atoms with E-state index in [-0.39, 0.29) is 10.9 Å². The summed E-state index contributed by atoms with van der Waals surface area (Å²) in [5.41, 5.74) is 1.73. The molecule has 5 rings (SSSR count). The van der Waals surface area contributed by atoms with E-state index in [0.717, 1.165) is 0 Å². The molecule has 28 heavy (non-hydrogen) atoms. The second kappa shape index (κ2) is 5.74. The first-order valence-electron chi connectivity index (χ1n) is 8.55. The lowest BCUT2D eigenvalue weighted by Gasteiger charge is -2.12. The second-order valence-corrected chi connectivity index (χ2v) is 7.02. The lowest BCUT2D eigenvalue weighted by atomic mass is 10.0. The summed E-state index contributed by atoms with van der Waals surface area (Å²) in [5, 5.41) is 2.20. The largest absolute Gasteiger partial charge is 0.497 e. The Balaban J connectivity index is 2.02. The average molecular weight is 392 g/mol. The van der Waals surface area contributed by atoms with Gasteiger partial charge in [0.25, 0.3) is 0 Å². The van der Waals surface area contributed by atoms with Crippen LogP contribution in [0.4, 0.5) is 0 Å². The highest BCUT2D eigenvalue weighted by atomic mass is 35.5. The van der Waals surface area contributed by atoms with Gasteiger partial charge in [-0.15, -0.1) is 0 Å². The number of nitrogens with one attached hydrogen (secondary N) is 1. The Morgan fingerprint density at radius 1 is 0.929 bits per heavy atom. The number of hydrogen-bond acceptors (Lipinski definition) is 4. The number of aromatic nitrogens is 2. The smallest absolute Gasteiger partial charge is 0.197 e. The van der Waals surface area contributed by atoms with Crippen LogP contribution in [0.25, 0.3) is 43.6 Å². The van der Waals surface area contributed by atoms with Crippen LogP contribution in [-0.4, -0.2) is 16.8 Å². The Morgan fingerprint density at radius 2 is 1.68 bits per heavy atom. The Bertz CT molecular complexity index is 1570. The van der Waals surface area contributed by atoms with Gasteiger partial charge in [-0.3, -0.25) is 14.3 Å². The van der Waals surface area contributed by atoms with Gasteiger partial charge < -0.3 is 15.6 Å². The number of benzene rings is 3. The normalized spacial score (nSPS) is 11.6. The van der Waals surface area contributed by atoms with Crippen molar-refractivity contribution in [1.82, 2.24) is 9.66 Å². The second-order valence-electron chi connectivity index (χ2n) is 6.61. The van der Waals surface area contributed by atoms with E-state index in [9.17, 15) is 9.59 Å². The van der Waals surface area contributed by atoms with Gasteiger partial charge in [0, 0.05) is 10.8 Å². The van der Waals surface area contributed by atoms with E-state index in [1.165, 1.54) is 11.8 Å². The van der Waals surface area contributed by atoms with Crippen molar-refractivity contribution in [2.45, 2.75) is 0 Å². The summed E-state index contributed by atoms with van der Waals surface area (Å²) >= 11 is 6.25. The van der Waals surface area contributed by atoms with Gasteiger partial charge in [0.2, 0.25) is 0 Å². The highest BCUT2D eigenvalue weighted by molar-refractivity contribution is 6.35. The third-order valence-corrected chi connectivity index (χ3v) is 5.43. The number of hydrogen-bond donors (Lipinski definition) is 2. The van der Waals surface area contributed by atoms with E-state index >= 15 is 0 Å². The average Bonchev–Trinajstić information content (AvgIpc) is 2.72. The molecule has 0 amide bonds. The number of pyridine rings is 2. The van der Waals surface area contributed by atoms with Gasteiger partial charge in [0.05, 0.1) is 45.0 Å². The first-order chi connectivity index (χ1) is 13.5. The third kappa shape index (κ3) is 2.15. The van der Waals surface area contributed by atoms with Crippen molar-refractivity contribution in [3.8, 4) is 5.75 Å². The number of methoxy groups -OCH3 is 1. The molecule has 138 valence electrons. The van der Waals surface area contributed by atoms with Crippen molar-refractivity contribution in [2.24, 2.45) is 0 Å². The number of halogens is 1. The molecule has 2 heterocycles. The summed E-state index contributed by atoms with van der Waals surface area (Å²) < 4.78 is 6.65. The van der Waals surface area contributed by atoms with E-state index in [2.05, 4.69) is 4.98 Å². The molecule has 0 unspecified atom stereocenters. The Labute approximate surface area is 162 Å². The predicted molar refractivity (Wildman–Crippen MR) is 113 cm³/mol. The number of rotatable bonds is 1. The molecule has 0 aliphatic carbocycles. The van der Waals surface area contributed by atoms with Gasteiger partial charge >= 0.3 is 0 Å². The molecule has 7 heteroatoms. The highest BCUT2D eigenvalue weighted by Crippen LogP contribution is 2.26. The number of nitrogen functional groups attached to an aromatic ring is 1. The quantitative estimate of drug-likeness (QED) is 0.338. The van der Waals surface area contributed by atoms with Crippen LogP contribution in [0.1, 0.15) is 0 Å². The van der Waals surface area contributed by atoms with Gasteiger partial charge in [0.1, 0.15) is 5.75 Å². The molecule has 0 saturated heterocycles. The molecule has 3 N–H and O–H groups in total. The van der Waals surface area contributed by atoms with Crippen LogP contribution in [0.2, 0.25) is 5.02 Å². The van der Waals surface area contributed by atoms with Crippen molar-refractivity contribution < 1.29 is 4.74 Å². The fourth-order valence-electron chi connectivity index (χ4n) is 3.69. The first kappa shape index (κ1) is 16.6. The maximum Gasteiger partial charge on any atom is 0.197 e. The molecule has 0 bridgehead atoms. The number of ether oxygens (including phenoxy) is 1. The Hall–Kier alpha value is -3.51. The molecule has 0 fully saturated rings. The molecule has 5 aromatic rings. The zero-order valence-corrected chi connectivity index (χ0v) is 15.5. The summed E-state index contributed by atoms with van der Waals surface area (Å²) in [4.78, 5) is 29.3. The lowest BCUT2D eigenvalue weighted by molar-refractivity contribution is 0.415. The molecule has 0 spiro atoms. The Morgan fingerprint density at radius 3 is 2.46 bits per heavy atom. The van der Waals surface area contributed by atoms with Crippen LogP contribution < -0.4 is 21.4 Å². The fraction of sp³-hybridized carbons (Fsp3) is 0.0476. The third-order valence-electron chi connectivity index (χ3n) is 5.11. The number of fused-ring (bicyclic) bond motifs is 4. The maximum atomic E-state index is 13.1. The first-order valence-corrected chi connectivity index (χ1v) is 8.93. The summed E-state index contributed by atoms with van der Waals surface area (Å²) in [6.07, 6.45) is 0. The van der Waals surface area contributed by atoms with Crippen molar-refractivity contribution in [2.75, 3.05) is 13.0 Å². The van der Waals surface area contributed by atoms with Crippen LogP contribution in [0.3, 0.4) is 0 Å². The molecular weight excluding hydrogens is 378 g/mol. The van der Waals surface area contributed by atoms with Crippen LogP contribution in [0.15, 0.2) is 58.1 Å². The molecule has 0 saturated carbocycles. The minimum atomic E-state index is -0.187. The number of nitrogens with two attached hydrogens (primary N) is 1. The minimum absolute atomic E-state index is 0.171. The summed E-state index contributed by atoms with van der Waals surface area (Å²) in [6, 6.07) is 13.6. The van der Waals surface area contributed by atoms with Gasteiger partial charge in [-0.2, -0.15) is 0 Å². The molecule has 3 aromatic carbocycles. The van der Waals surface area contributed by atoms with Crippen LogP contribution in [0.5, 0.6) is 5.75 Å². The van der Waals surface area contributed by atoms with E-state index < -0.39 is 0 Å². The van der Waals surface area contributed by atoms with E-state index in [1.54, 1.807) is 48.5 Å². The monoisotopic (exact) mass is 391 g/mol. The standard InChI is InChI=1S/C21H14ClN3O3/c1-28-10-5-6-17-13(7-10)21(27)14-8-16-12(9-18(14)25(17)23)20(26)11-3-2-4-15(22)19(11)24-16/h2-9H,23H2,1H3,(H,24,26). The SMILES string of the molecule is COc1ccc2c(c1)c(=O)c1cc3[nH]c4c(Cl)cccc4c(=O)c3cc1n2N. The number of H-pyrrole nitrogens is 1. The van der Waals surface area contributed by atoms with E-state index in [1.807, 2.05) is 0 Å². The Kier molecular flexibility index (Phi) is 3.41. The predicted octanol–water partition coefficient (Wildman–Crippen LogP) is 3.53. The molecule has 0 aliphatic heterocycles. The number of aromatic amines is 1. The molecular formula is C21H14ClN3O3.